The molecule has 0 bridgehead atoms. The number of nitro groups is 1. The molecule has 0 aliphatic heterocycles. The van der Waals surface area contributed by atoms with Crippen molar-refractivity contribution in [1.29, 1.82) is 0 Å². The Morgan fingerprint density at radius 1 is 1.24 bits per heavy atom. The first-order valence-corrected chi connectivity index (χ1v) is 7.08. The number of alkyl halides is 3. The summed E-state index contributed by atoms with van der Waals surface area (Å²) in [6.45, 7) is -0.624. The number of rotatable bonds is 5. The summed E-state index contributed by atoms with van der Waals surface area (Å²) >= 11 is 5.55. The maximum absolute atomic E-state index is 12.9. The highest BCUT2D eigenvalue weighted by molar-refractivity contribution is 6.30. The monoisotopic (exact) mass is 374 g/mol. The molecule has 0 atom stereocenters. The number of carbonyl (C=O) groups is 1. The molecule has 0 aliphatic carbocycles. The normalized spacial score (nSPS) is 11.0. The summed E-state index contributed by atoms with van der Waals surface area (Å²) in [6.07, 6.45) is -4.70. The van der Waals surface area contributed by atoms with Crippen LogP contribution in [0, 0.1) is 10.1 Å². The molecule has 0 unspecified atom stereocenters. The predicted octanol–water partition coefficient (Wildman–Crippen LogP) is 4.28. The summed E-state index contributed by atoms with van der Waals surface area (Å²) in [4.78, 5) is 21.8. The van der Waals surface area contributed by atoms with Crippen LogP contribution in [0.4, 0.5) is 24.5 Å². The van der Waals surface area contributed by atoms with Crippen LogP contribution < -0.4 is 10.1 Å². The van der Waals surface area contributed by atoms with Gasteiger partial charge < -0.3 is 10.1 Å². The fraction of sp³-hybridized carbons (Fsp3) is 0.133. The van der Waals surface area contributed by atoms with E-state index in [1.807, 2.05) is 0 Å². The molecule has 0 aromatic heterocycles. The van der Waals surface area contributed by atoms with E-state index in [9.17, 15) is 28.1 Å². The van der Waals surface area contributed by atoms with Gasteiger partial charge in [-0.05, 0) is 24.3 Å². The van der Waals surface area contributed by atoms with Gasteiger partial charge in [0.25, 0.3) is 11.6 Å². The quantitative estimate of drug-likeness (QED) is 0.625. The summed E-state index contributed by atoms with van der Waals surface area (Å²) < 4.78 is 43.9. The SMILES string of the molecule is O=C(COc1cccc([N+](=O)[O-])c1)Nc1ccc(Cl)cc1C(F)(F)F. The van der Waals surface area contributed by atoms with Gasteiger partial charge >= 0.3 is 6.18 Å². The van der Waals surface area contributed by atoms with E-state index in [-0.39, 0.29) is 16.5 Å². The van der Waals surface area contributed by atoms with Crippen LogP contribution in [0.3, 0.4) is 0 Å². The van der Waals surface area contributed by atoms with Gasteiger partial charge in [-0.3, -0.25) is 14.9 Å². The molecule has 0 spiro atoms. The Labute approximate surface area is 144 Å². The molecule has 0 saturated heterocycles. The van der Waals surface area contributed by atoms with E-state index in [0.717, 1.165) is 12.1 Å². The van der Waals surface area contributed by atoms with Crippen LogP contribution >= 0.6 is 11.6 Å². The van der Waals surface area contributed by atoms with E-state index >= 15 is 0 Å². The van der Waals surface area contributed by atoms with Gasteiger partial charge in [0.2, 0.25) is 0 Å². The third-order valence-corrected chi connectivity index (χ3v) is 3.19. The number of benzene rings is 2. The summed E-state index contributed by atoms with van der Waals surface area (Å²) in [6, 6.07) is 7.98. The van der Waals surface area contributed by atoms with Crippen LogP contribution in [0.1, 0.15) is 5.56 Å². The topological polar surface area (TPSA) is 81.5 Å². The van der Waals surface area contributed by atoms with Crippen LogP contribution in [0.25, 0.3) is 0 Å². The first-order chi connectivity index (χ1) is 11.7. The maximum atomic E-state index is 12.9. The summed E-state index contributed by atoms with van der Waals surface area (Å²) in [5.41, 5.74) is -1.80. The van der Waals surface area contributed by atoms with Crippen molar-refractivity contribution in [3.8, 4) is 5.75 Å². The Balaban J connectivity index is 2.06. The van der Waals surface area contributed by atoms with E-state index in [1.54, 1.807) is 0 Å². The average Bonchev–Trinajstić information content (AvgIpc) is 2.54. The molecule has 1 amide bonds. The Bertz CT molecular complexity index is 812. The Morgan fingerprint density at radius 2 is 1.96 bits per heavy atom. The molecule has 132 valence electrons. The summed E-state index contributed by atoms with van der Waals surface area (Å²) in [7, 11) is 0. The smallest absolute Gasteiger partial charge is 0.418 e. The second-order valence-electron chi connectivity index (χ2n) is 4.78. The molecule has 0 fully saturated rings. The number of halogens is 4. The lowest BCUT2D eigenvalue weighted by Crippen LogP contribution is -2.22. The highest BCUT2D eigenvalue weighted by Gasteiger charge is 2.34. The van der Waals surface area contributed by atoms with E-state index < -0.39 is 34.9 Å². The zero-order valence-corrected chi connectivity index (χ0v) is 13.1. The van der Waals surface area contributed by atoms with Crippen molar-refractivity contribution in [2.24, 2.45) is 0 Å². The van der Waals surface area contributed by atoms with Gasteiger partial charge in [0, 0.05) is 11.1 Å². The van der Waals surface area contributed by atoms with Gasteiger partial charge in [0.15, 0.2) is 6.61 Å². The predicted molar refractivity (Wildman–Crippen MR) is 83.7 cm³/mol. The van der Waals surface area contributed by atoms with Crippen LogP contribution in [0.2, 0.25) is 5.02 Å². The van der Waals surface area contributed by atoms with E-state index in [1.165, 1.54) is 24.3 Å². The second kappa shape index (κ2) is 7.39. The second-order valence-corrected chi connectivity index (χ2v) is 5.22. The van der Waals surface area contributed by atoms with Gasteiger partial charge in [-0.2, -0.15) is 13.2 Å². The number of carbonyl (C=O) groups excluding carboxylic acids is 1. The molecule has 0 heterocycles. The largest absolute Gasteiger partial charge is 0.484 e. The van der Waals surface area contributed by atoms with Crippen molar-refractivity contribution in [2.75, 3.05) is 11.9 Å². The molecule has 1 N–H and O–H groups in total. The third kappa shape index (κ3) is 5.08. The summed E-state index contributed by atoms with van der Waals surface area (Å²) in [5, 5.41) is 12.6. The fourth-order valence-corrected chi connectivity index (χ4v) is 2.05. The first kappa shape index (κ1) is 18.5. The van der Waals surface area contributed by atoms with Gasteiger partial charge in [-0.1, -0.05) is 17.7 Å². The number of nitrogens with zero attached hydrogens (tertiary/aromatic N) is 1. The third-order valence-electron chi connectivity index (χ3n) is 2.96. The molecular weight excluding hydrogens is 365 g/mol. The van der Waals surface area contributed by atoms with E-state index in [4.69, 9.17) is 16.3 Å². The van der Waals surface area contributed by atoms with Gasteiger partial charge in [0.05, 0.1) is 22.2 Å². The van der Waals surface area contributed by atoms with Gasteiger partial charge in [0.1, 0.15) is 5.75 Å². The number of nitro benzene ring substituents is 1. The minimum absolute atomic E-state index is 0.0384. The Hall–Kier alpha value is -2.81. The molecule has 6 nitrogen and oxygen atoms in total. The van der Waals surface area contributed by atoms with Crippen LogP contribution in [-0.4, -0.2) is 17.4 Å². The van der Waals surface area contributed by atoms with Crippen molar-refractivity contribution in [1.82, 2.24) is 0 Å². The lowest BCUT2D eigenvalue weighted by Gasteiger charge is -2.14. The number of anilines is 1. The fourth-order valence-electron chi connectivity index (χ4n) is 1.88. The van der Waals surface area contributed by atoms with Crippen LogP contribution in [-0.2, 0) is 11.0 Å². The number of nitrogens with one attached hydrogen (secondary N) is 1. The maximum Gasteiger partial charge on any atom is 0.418 e. The van der Waals surface area contributed by atoms with Crippen molar-refractivity contribution in [3.05, 3.63) is 63.2 Å². The molecule has 0 aliphatic rings. The van der Waals surface area contributed by atoms with Crippen molar-refractivity contribution in [2.45, 2.75) is 6.18 Å². The number of non-ortho nitro benzene ring substituents is 1. The van der Waals surface area contributed by atoms with Crippen molar-refractivity contribution in [3.63, 3.8) is 0 Å². The van der Waals surface area contributed by atoms with Gasteiger partial charge in [-0.15, -0.1) is 0 Å². The number of amides is 1. The minimum Gasteiger partial charge on any atom is -0.484 e. The van der Waals surface area contributed by atoms with Gasteiger partial charge in [-0.25, -0.2) is 0 Å². The molecule has 2 aromatic carbocycles. The highest BCUT2D eigenvalue weighted by Crippen LogP contribution is 2.36. The number of hydrogen-bond donors (Lipinski definition) is 1. The molecule has 2 rings (SSSR count). The van der Waals surface area contributed by atoms with E-state index in [0.29, 0.717) is 6.07 Å². The van der Waals surface area contributed by atoms with Crippen LogP contribution in [0.15, 0.2) is 42.5 Å². The number of hydrogen-bond acceptors (Lipinski definition) is 4. The van der Waals surface area contributed by atoms with Crippen molar-refractivity contribution < 1.29 is 27.6 Å². The standard InChI is InChI=1S/C15H10ClF3N2O4/c16-9-4-5-13(12(6-9)15(17,18)19)20-14(22)8-25-11-3-1-2-10(7-11)21(23)24/h1-7H,8H2,(H,20,22). The lowest BCUT2D eigenvalue weighted by atomic mass is 10.1. The summed E-state index contributed by atoms with van der Waals surface area (Å²) in [5.74, 6) is -0.823. The Morgan fingerprint density at radius 3 is 2.60 bits per heavy atom. The first-order valence-electron chi connectivity index (χ1n) is 6.70. The number of ether oxygens (including phenoxy) is 1. The molecule has 10 heteroatoms. The average molecular weight is 375 g/mol. The van der Waals surface area contributed by atoms with Crippen LogP contribution in [0.5, 0.6) is 5.75 Å². The molecule has 25 heavy (non-hydrogen) atoms. The Kier molecular flexibility index (Phi) is 5.48. The molecule has 0 saturated carbocycles. The van der Waals surface area contributed by atoms with E-state index in [2.05, 4.69) is 5.32 Å². The molecular formula is C15H10ClF3N2O4. The zero-order valence-electron chi connectivity index (χ0n) is 12.3. The molecule has 0 radical (unpaired) electrons. The highest BCUT2D eigenvalue weighted by atomic mass is 35.5. The minimum atomic E-state index is -4.70. The lowest BCUT2D eigenvalue weighted by molar-refractivity contribution is -0.384. The molecule has 2 aromatic rings. The van der Waals surface area contributed by atoms with Crippen molar-refractivity contribution >= 4 is 28.9 Å². The zero-order chi connectivity index (χ0) is 18.6.